The van der Waals surface area contributed by atoms with Gasteiger partial charge in [0.15, 0.2) is 0 Å². The minimum absolute atomic E-state index is 0.0448. The van der Waals surface area contributed by atoms with E-state index in [1.165, 1.54) is 0 Å². The lowest BCUT2D eigenvalue weighted by Crippen LogP contribution is -2.30. The molecular formula is C14H20N2O3. The van der Waals surface area contributed by atoms with Gasteiger partial charge in [-0.05, 0) is 39.0 Å². The number of anilines is 1. The van der Waals surface area contributed by atoms with Gasteiger partial charge in [0.2, 0.25) is 0 Å². The quantitative estimate of drug-likeness (QED) is 0.825. The zero-order chi connectivity index (χ0) is 14.4. The number of carbonyl (C=O) groups excluding carboxylic acids is 1. The van der Waals surface area contributed by atoms with Gasteiger partial charge < -0.3 is 15.3 Å². The second kappa shape index (κ2) is 6.78. The van der Waals surface area contributed by atoms with Gasteiger partial charge in [0.05, 0.1) is 0 Å². The molecule has 0 spiro atoms. The minimum atomic E-state index is -0.930. The molecule has 0 aromatic heterocycles. The normalized spacial score (nSPS) is 11.7. The number of carboxylic acid groups (broad SMARTS) is 1. The highest BCUT2D eigenvalue weighted by Crippen LogP contribution is 2.14. The third-order valence-corrected chi connectivity index (χ3v) is 2.91. The number of amides is 1. The summed E-state index contributed by atoms with van der Waals surface area (Å²) in [6.45, 7) is 6.71. The molecule has 5 nitrogen and oxygen atoms in total. The lowest BCUT2D eigenvalue weighted by Gasteiger charge is -2.19. The summed E-state index contributed by atoms with van der Waals surface area (Å²) in [7, 11) is 0. The topological polar surface area (TPSA) is 69.6 Å². The van der Waals surface area contributed by atoms with Crippen molar-refractivity contribution in [2.75, 3.05) is 18.4 Å². The molecule has 1 atom stereocenters. The Balaban J connectivity index is 2.88. The highest BCUT2D eigenvalue weighted by Gasteiger charge is 2.14. The van der Waals surface area contributed by atoms with E-state index in [1.54, 1.807) is 36.1 Å². The Labute approximate surface area is 113 Å². The van der Waals surface area contributed by atoms with Crippen LogP contribution in [0.4, 0.5) is 5.69 Å². The summed E-state index contributed by atoms with van der Waals surface area (Å²) in [5, 5.41) is 11.7. The molecule has 1 aromatic rings. The Morgan fingerprint density at radius 3 is 2.47 bits per heavy atom. The molecule has 0 fully saturated rings. The van der Waals surface area contributed by atoms with Gasteiger partial charge >= 0.3 is 5.97 Å². The standard InChI is InChI=1S/C14H20N2O3/c1-4-16(5-2)13(17)11-7-6-8-12(9-11)15-10(3)14(18)19/h6-10,15H,4-5H2,1-3H3,(H,18,19). The van der Waals surface area contributed by atoms with Crippen molar-refractivity contribution in [3.8, 4) is 0 Å². The van der Waals surface area contributed by atoms with E-state index in [4.69, 9.17) is 5.11 Å². The first-order chi connectivity index (χ1) is 8.99. The van der Waals surface area contributed by atoms with Crippen molar-refractivity contribution in [2.24, 2.45) is 0 Å². The summed E-state index contributed by atoms with van der Waals surface area (Å²) in [6.07, 6.45) is 0. The second-order valence-electron chi connectivity index (χ2n) is 4.26. The van der Waals surface area contributed by atoms with Crippen LogP contribution in [0.2, 0.25) is 0 Å². The van der Waals surface area contributed by atoms with Crippen LogP contribution in [0.15, 0.2) is 24.3 Å². The molecule has 1 amide bonds. The zero-order valence-electron chi connectivity index (χ0n) is 11.5. The number of carboxylic acids is 1. The fourth-order valence-corrected chi connectivity index (χ4v) is 1.75. The minimum Gasteiger partial charge on any atom is -0.480 e. The van der Waals surface area contributed by atoms with Crippen LogP contribution >= 0.6 is 0 Å². The van der Waals surface area contributed by atoms with E-state index in [2.05, 4.69) is 5.32 Å². The van der Waals surface area contributed by atoms with Gasteiger partial charge in [0.25, 0.3) is 5.91 Å². The number of hydrogen-bond donors (Lipinski definition) is 2. The van der Waals surface area contributed by atoms with Crippen LogP contribution in [-0.2, 0) is 4.79 Å². The van der Waals surface area contributed by atoms with Crippen LogP contribution in [0.25, 0.3) is 0 Å². The molecule has 0 saturated heterocycles. The predicted molar refractivity (Wildman–Crippen MR) is 74.4 cm³/mol. The van der Waals surface area contributed by atoms with Crippen molar-refractivity contribution in [1.29, 1.82) is 0 Å². The summed E-state index contributed by atoms with van der Waals surface area (Å²) in [5.41, 5.74) is 1.19. The Hall–Kier alpha value is -2.04. The van der Waals surface area contributed by atoms with Crippen molar-refractivity contribution in [2.45, 2.75) is 26.8 Å². The van der Waals surface area contributed by atoms with Crippen molar-refractivity contribution in [3.05, 3.63) is 29.8 Å². The third-order valence-electron chi connectivity index (χ3n) is 2.91. The summed E-state index contributed by atoms with van der Waals surface area (Å²) < 4.78 is 0. The van der Waals surface area contributed by atoms with E-state index in [-0.39, 0.29) is 5.91 Å². The molecule has 0 saturated carbocycles. The molecule has 104 valence electrons. The van der Waals surface area contributed by atoms with E-state index < -0.39 is 12.0 Å². The molecule has 0 aliphatic heterocycles. The summed E-state index contributed by atoms with van der Waals surface area (Å²) in [5.74, 6) is -0.975. The van der Waals surface area contributed by atoms with Crippen LogP contribution in [0.1, 0.15) is 31.1 Å². The largest absolute Gasteiger partial charge is 0.480 e. The van der Waals surface area contributed by atoms with Crippen LogP contribution in [0, 0.1) is 0 Å². The van der Waals surface area contributed by atoms with Gasteiger partial charge in [-0.15, -0.1) is 0 Å². The molecule has 0 bridgehead atoms. The van der Waals surface area contributed by atoms with E-state index in [0.29, 0.717) is 24.3 Å². The van der Waals surface area contributed by atoms with E-state index in [0.717, 1.165) is 0 Å². The lowest BCUT2D eigenvalue weighted by atomic mass is 10.1. The molecule has 0 heterocycles. The Bertz CT molecular complexity index is 456. The first-order valence-corrected chi connectivity index (χ1v) is 6.38. The summed E-state index contributed by atoms with van der Waals surface area (Å²) >= 11 is 0. The van der Waals surface area contributed by atoms with E-state index >= 15 is 0 Å². The van der Waals surface area contributed by atoms with E-state index in [9.17, 15) is 9.59 Å². The number of benzene rings is 1. The van der Waals surface area contributed by atoms with Crippen LogP contribution in [0.5, 0.6) is 0 Å². The van der Waals surface area contributed by atoms with Gasteiger partial charge in [-0.2, -0.15) is 0 Å². The number of rotatable bonds is 6. The average molecular weight is 264 g/mol. The Morgan fingerprint density at radius 2 is 1.95 bits per heavy atom. The Kier molecular flexibility index (Phi) is 5.36. The van der Waals surface area contributed by atoms with Crippen molar-refractivity contribution in [1.82, 2.24) is 4.90 Å². The predicted octanol–water partition coefficient (Wildman–Crippen LogP) is 2.05. The van der Waals surface area contributed by atoms with Gasteiger partial charge in [-0.25, -0.2) is 0 Å². The zero-order valence-corrected chi connectivity index (χ0v) is 11.5. The molecule has 0 radical (unpaired) electrons. The number of hydrogen-bond acceptors (Lipinski definition) is 3. The summed E-state index contributed by atoms with van der Waals surface area (Å²) in [4.78, 5) is 24.7. The monoisotopic (exact) mass is 264 g/mol. The maximum atomic E-state index is 12.2. The number of nitrogens with one attached hydrogen (secondary N) is 1. The lowest BCUT2D eigenvalue weighted by molar-refractivity contribution is -0.137. The van der Waals surface area contributed by atoms with Crippen molar-refractivity contribution < 1.29 is 14.7 Å². The fourth-order valence-electron chi connectivity index (χ4n) is 1.75. The molecule has 0 aliphatic carbocycles. The fraction of sp³-hybridized carbons (Fsp3) is 0.429. The van der Waals surface area contributed by atoms with Crippen molar-refractivity contribution >= 4 is 17.6 Å². The van der Waals surface area contributed by atoms with Crippen LogP contribution in [-0.4, -0.2) is 41.0 Å². The van der Waals surface area contributed by atoms with Crippen LogP contribution in [0.3, 0.4) is 0 Å². The smallest absolute Gasteiger partial charge is 0.325 e. The van der Waals surface area contributed by atoms with Gasteiger partial charge in [0, 0.05) is 24.3 Å². The molecule has 1 rings (SSSR count). The van der Waals surface area contributed by atoms with Crippen LogP contribution < -0.4 is 5.32 Å². The van der Waals surface area contributed by atoms with E-state index in [1.807, 2.05) is 13.8 Å². The third kappa shape index (κ3) is 3.98. The second-order valence-corrected chi connectivity index (χ2v) is 4.26. The molecule has 1 aromatic carbocycles. The maximum absolute atomic E-state index is 12.2. The first-order valence-electron chi connectivity index (χ1n) is 6.38. The molecule has 2 N–H and O–H groups in total. The molecular weight excluding hydrogens is 244 g/mol. The Morgan fingerprint density at radius 1 is 1.32 bits per heavy atom. The highest BCUT2D eigenvalue weighted by atomic mass is 16.4. The molecule has 0 aliphatic rings. The number of nitrogens with zero attached hydrogens (tertiary/aromatic N) is 1. The van der Waals surface area contributed by atoms with Gasteiger partial charge in [-0.1, -0.05) is 6.07 Å². The SMILES string of the molecule is CCN(CC)C(=O)c1cccc(NC(C)C(=O)O)c1. The summed E-state index contributed by atoms with van der Waals surface area (Å²) in [6, 6.07) is 6.21. The average Bonchev–Trinajstić information content (AvgIpc) is 2.40. The number of aliphatic carboxylic acids is 1. The van der Waals surface area contributed by atoms with Gasteiger partial charge in [0.1, 0.15) is 6.04 Å². The maximum Gasteiger partial charge on any atom is 0.325 e. The molecule has 5 heteroatoms. The first kappa shape index (κ1) is 15.0. The highest BCUT2D eigenvalue weighted by molar-refractivity contribution is 5.95. The molecule has 1 unspecified atom stereocenters. The molecule has 19 heavy (non-hydrogen) atoms. The van der Waals surface area contributed by atoms with Crippen molar-refractivity contribution in [3.63, 3.8) is 0 Å². The number of carbonyl (C=O) groups is 2. The van der Waals surface area contributed by atoms with Gasteiger partial charge in [-0.3, -0.25) is 9.59 Å².